The van der Waals surface area contributed by atoms with Gasteiger partial charge in [0.15, 0.2) is 0 Å². The molecule has 0 saturated carbocycles. The van der Waals surface area contributed by atoms with Crippen LogP contribution in [0.4, 0.5) is 5.69 Å². The van der Waals surface area contributed by atoms with Gasteiger partial charge in [0.1, 0.15) is 6.61 Å². The summed E-state index contributed by atoms with van der Waals surface area (Å²) in [6, 6.07) is 9.50. The molecule has 0 saturated heterocycles. The van der Waals surface area contributed by atoms with Crippen molar-refractivity contribution in [3.05, 3.63) is 53.6 Å². The van der Waals surface area contributed by atoms with Crippen molar-refractivity contribution in [3.8, 4) is 0 Å². The van der Waals surface area contributed by atoms with Gasteiger partial charge in [-0.25, -0.2) is 4.79 Å². The lowest BCUT2D eigenvalue weighted by molar-refractivity contribution is -0.138. The van der Waals surface area contributed by atoms with Gasteiger partial charge < -0.3 is 9.64 Å². The third-order valence-electron chi connectivity index (χ3n) is 6.05. The van der Waals surface area contributed by atoms with Crippen LogP contribution in [0.25, 0.3) is 10.8 Å². The number of amides is 2. The van der Waals surface area contributed by atoms with Crippen LogP contribution in [0.15, 0.2) is 42.5 Å². The number of hydrogen-bond acceptors (Lipinski definition) is 5. The minimum absolute atomic E-state index is 0.121. The van der Waals surface area contributed by atoms with Gasteiger partial charge in [-0.05, 0) is 45.4 Å². The van der Waals surface area contributed by atoms with Crippen molar-refractivity contribution >= 4 is 34.2 Å². The van der Waals surface area contributed by atoms with Crippen molar-refractivity contribution in [2.75, 3.05) is 24.6 Å². The summed E-state index contributed by atoms with van der Waals surface area (Å²) in [6.07, 6.45) is 4.02. The van der Waals surface area contributed by atoms with Crippen LogP contribution in [-0.4, -0.2) is 48.4 Å². The van der Waals surface area contributed by atoms with E-state index in [2.05, 4.69) is 32.3 Å². The van der Waals surface area contributed by atoms with Crippen LogP contribution in [0.3, 0.4) is 0 Å². The van der Waals surface area contributed by atoms with Gasteiger partial charge in [-0.3, -0.25) is 14.5 Å². The molecule has 0 radical (unpaired) electrons. The predicted molar refractivity (Wildman–Crippen MR) is 132 cm³/mol. The standard InChI is InChI=1S/C27H34N2O4/c1-6-7-8-9-15-29-25(30)21-12-10-11-20-23(14-13-22(24(20)21)26(29)31)28(19(4)5)16-17-33-27(32)18(2)3/h10-14,19H,2,6-9,15-17H2,1,3-5H3. The molecule has 0 unspecified atom stereocenters. The molecule has 0 atom stereocenters. The van der Waals surface area contributed by atoms with Crippen molar-refractivity contribution in [1.82, 2.24) is 4.90 Å². The summed E-state index contributed by atoms with van der Waals surface area (Å²) < 4.78 is 5.31. The third kappa shape index (κ3) is 5.10. The summed E-state index contributed by atoms with van der Waals surface area (Å²) in [5, 5.41) is 1.57. The normalized spacial score (nSPS) is 13.1. The van der Waals surface area contributed by atoms with Crippen LogP contribution >= 0.6 is 0 Å². The van der Waals surface area contributed by atoms with E-state index in [9.17, 15) is 14.4 Å². The van der Waals surface area contributed by atoms with Crippen molar-refractivity contribution in [2.24, 2.45) is 0 Å². The SMILES string of the molecule is C=C(C)C(=O)OCCN(c1ccc2c3c(cccc13)C(=O)N(CCCCCC)C2=O)C(C)C. The Labute approximate surface area is 196 Å². The number of carbonyl (C=O) groups is 3. The third-order valence-corrected chi connectivity index (χ3v) is 6.05. The Balaban J connectivity index is 1.93. The molecule has 0 N–H and O–H groups in total. The first kappa shape index (κ1) is 24.5. The maximum absolute atomic E-state index is 13.2. The average Bonchev–Trinajstić information content (AvgIpc) is 2.79. The smallest absolute Gasteiger partial charge is 0.333 e. The van der Waals surface area contributed by atoms with E-state index in [0.717, 1.165) is 36.8 Å². The van der Waals surface area contributed by atoms with Crippen LogP contribution < -0.4 is 4.90 Å². The van der Waals surface area contributed by atoms with E-state index in [-0.39, 0.29) is 24.5 Å². The predicted octanol–water partition coefficient (Wildman–Crippen LogP) is 5.35. The monoisotopic (exact) mass is 450 g/mol. The fraction of sp³-hybridized carbons (Fsp3) is 0.444. The van der Waals surface area contributed by atoms with Gasteiger partial charge in [0.25, 0.3) is 11.8 Å². The van der Waals surface area contributed by atoms with Gasteiger partial charge in [0, 0.05) is 45.7 Å². The lowest BCUT2D eigenvalue weighted by Crippen LogP contribution is -2.41. The maximum Gasteiger partial charge on any atom is 0.333 e. The number of carbonyl (C=O) groups excluding carboxylic acids is 3. The molecule has 0 spiro atoms. The molecular formula is C27H34N2O4. The average molecular weight is 451 g/mol. The number of nitrogens with zero attached hydrogens (tertiary/aromatic N) is 2. The van der Waals surface area contributed by atoms with E-state index < -0.39 is 5.97 Å². The fourth-order valence-electron chi connectivity index (χ4n) is 4.30. The Hall–Kier alpha value is -3.15. The molecule has 0 aliphatic carbocycles. The summed E-state index contributed by atoms with van der Waals surface area (Å²) in [7, 11) is 0. The first-order chi connectivity index (χ1) is 15.8. The first-order valence-electron chi connectivity index (χ1n) is 11.8. The Bertz CT molecular complexity index is 1050. The summed E-state index contributed by atoms with van der Waals surface area (Å²) in [5.74, 6) is -0.859. The minimum Gasteiger partial charge on any atom is -0.460 e. The molecule has 2 aromatic rings. The van der Waals surface area contributed by atoms with E-state index in [1.807, 2.05) is 24.3 Å². The van der Waals surface area contributed by atoms with Crippen molar-refractivity contribution < 1.29 is 19.1 Å². The molecule has 2 aromatic carbocycles. The van der Waals surface area contributed by atoms with Gasteiger partial charge in [0.05, 0.1) is 6.54 Å². The highest BCUT2D eigenvalue weighted by molar-refractivity contribution is 6.26. The fourth-order valence-corrected chi connectivity index (χ4v) is 4.30. The number of benzene rings is 2. The van der Waals surface area contributed by atoms with Crippen molar-refractivity contribution in [1.29, 1.82) is 0 Å². The van der Waals surface area contributed by atoms with Crippen molar-refractivity contribution in [2.45, 2.75) is 59.4 Å². The molecule has 6 nitrogen and oxygen atoms in total. The van der Waals surface area contributed by atoms with E-state index in [1.54, 1.807) is 13.0 Å². The number of esters is 1. The maximum atomic E-state index is 13.2. The summed E-state index contributed by atoms with van der Waals surface area (Å²) in [5.41, 5.74) is 2.41. The Morgan fingerprint density at radius 1 is 1.06 bits per heavy atom. The second kappa shape index (κ2) is 10.6. The molecule has 1 heterocycles. The molecule has 1 aliphatic rings. The second-order valence-corrected chi connectivity index (χ2v) is 8.89. The molecule has 0 bridgehead atoms. The molecule has 176 valence electrons. The Morgan fingerprint density at radius 2 is 1.76 bits per heavy atom. The highest BCUT2D eigenvalue weighted by Gasteiger charge is 2.33. The zero-order chi connectivity index (χ0) is 24.1. The molecule has 2 amide bonds. The van der Waals surface area contributed by atoms with Crippen LogP contribution in [0, 0.1) is 0 Å². The summed E-state index contributed by atoms with van der Waals surface area (Å²) >= 11 is 0. The topological polar surface area (TPSA) is 66.9 Å². The van der Waals surface area contributed by atoms with E-state index in [1.165, 1.54) is 4.90 Å². The van der Waals surface area contributed by atoms with Gasteiger partial charge in [0.2, 0.25) is 0 Å². The zero-order valence-electron chi connectivity index (χ0n) is 20.1. The number of unbranched alkanes of at least 4 members (excludes halogenated alkanes) is 3. The van der Waals surface area contributed by atoms with Crippen LogP contribution in [0.2, 0.25) is 0 Å². The highest BCUT2D eigenvalue weighted by Crippen LogP contribution is 2.36. The van der Waals surface area contributed by atoms with Gasteiger partial charge in [-0.15, -0.1) is 0 Å². The van der Waals surface area contributed by atoms with E-state index >= 15 is 0 Å². The molecule has 33 heavy (non-hydrogen) atoms. The van der Waals surface area contributed by atoms with Gasteiger partial charge in [-0.2, -0.15) is 0 Å². The number of rotatable bonds is 11. The van der Waals surface area contributed by atoms with Gasteiger partial charge >= 0.3 is 5.97 Å². The van der Waals surface area contributed by atoms with Crippen LogP contribution in [-0.2, 0) is 9.53 Å². The van der Waals surface area contributed by atoms with E-state index in [0.29, 0.717) is 35.2 Å². The molecule has 3 rings (SSSR count). The Kier molecular flexibility index (Phi) is 7.90. The largest absolute Gasteiger partial charge is 0.460 e. The number of hydrogen-bond donors (Lipinski definition) is 0. The zero-order valence-corrected chi connectivity index (χ0v) is 20.1. The lowest BCUT2D eigenvalue weighted by atomic mass is 9.92. The summed E-state index contributed by atoms with van der Waals surface area (Å²) in [6.45, 7) is 12.6. The van der Waals surface area contributed by atoms with Crippen molar-refractivity contribution in [3.63, 3.8) is 0 Å². The summed E-state index contributed by atoms with van der Waals surface area (Å²) in [4.78, 5) is 41.7. The molecule has 0 aromatic heterocycles. The number of ether oxygens (including phenoxy) is 1. The number of anilines is 1. The first-order valence-corrected chi connectivity index (χ1v) is 11.8. The second-order valence-electron chi connectivity index (χ2n) is 8.89. The molecule has 6 heteroatoms. The molecule has 0 fully saturated rings. The molecule has 1 aliphatic heterocycles. The highest BCUT2D eigenvalue weighted by atomic mass is 16.5. The number of imide groups is 1. The van der Waals surface area contributed by atoms with E-state index in [4.69, 9.17) is 4.74 Å². The minimum atomic E-state index is -0.411. The van der Waals surface area contributed by atoms with Crippen LogP contribution in [0.1, 0.15) is 74.1 Å². The Morgan fingerprint density at radius 3 is 2.39 bits per heavy atom. The van der Waals surface area contributed by atoms with Gasteiger partial charge in [-0.1, -0.05) is 44.9 Å². The quantitative estimate of drug-likeness (QED) is 0.200. The lowest BCUT2D eigenvalue weighted by Gasteiger charge is -2.32. The van der Waals surface area contributed by atoms with Crippen LogP contribution in [0.5, 0.6) is 0 Å². The molecular weight excluding hydrogens is 416 g/mol.